The Morgan fingerprint density at radius 1 is 1.45 bits per heavy atom. The predicted molar refractivity (Wildman–Crippen MR) is 76.9 cm³/mol. The number of ether oxygens (including phenoxy) is 1. The van der Waals surface area contributed by atoms with Gasteiger partial charge in [-0.05, 0) is 18.1 Å². The third-order valence-corrected chi connectivity index (χ3v) is 3.35. The Bertz CT molecular complexity index is 419. The SMILES string of the molecule is CCCN(CCO)C(=O)NCC1Cc2ccccc2O1. The minimum Gasteiger partial charge on any atom is -0.488 e. The molecule has 0 bridgehead atoms. The number of nitrogens with zero attached hydrogens (tertiary/aromatic N) is 1. The van der Waals surface area contributed by atoms with E-state index in [9.17, 15) is 4.79 Å². The molecule has 0 radical (unpaired) electrons. The number of carbonyl (C=O) groups excluding carboxylic acids is 1. The summed E-state index contributed by atoms with van der Waals surface area (Å²) in [5.41, 5.74) is 1.19. The quantitative estimate of drug-likeness (QED) is 0.827. The lowest BCUT2D eigenvalue weighted by molar-refractivity contribution is 0.169. The number of fused-ring (bicyclic) bond motifs is 1. The first kappa shape index (κ1) is 14.7. The van der Waals surface area contributed by atoms with Gasteiger partial charge < -0.3 is 20.1 Å². The topological polar surface area (TPSA) is 61.8 Å². The fourth-order valence-electron chi connectivity index (χ4n) is 2.39. The fourth-order valence-corrected chi connectivity index (χ4v) is 2.39. The molecule has 1 unspecified atom stereocenters. The van der Waals surface area contributed by atoms with Crippen LogP contribution in [0.5, 0.6) is 5.75 Å². The molecule has 2 N–H and O–H groups in total. The second kappa shape index (κ2) is 7.14. The lowest BCUT2D eigenvalue weighted by atomic mass is 10.1. The van der Waals surface area contributed by atoms with Crippen molar-refractivity contribution in [2.45, 2.75) is 25.9 Å². The molecule has 0 saturated carbocycles. The maximum atomic E-state index is 12.0. The van der Waals surface area contributed by atoms with Crippen molar-refractivity contribution in [1.82, 2.24) is 10.2 Å². The molecule has 1 aliphatic heterocycles. The molecule has 1 aromatic carbocycles. The molecule has 1 atom stereocenters. The van der Waals surface area contributed by atoms with Crippen LogP contribution in [-0.2, 0) is 6.42 Å². The van der Waals surface area contributed by atoms with Crippen LogP contribution in [0.25, 0.3) is 0 Å². The van der Waals surface area contributed by atoms with E-state index in [4.69, 9.17) is 9.84 Å². The van der Waals surface area contributed by atoms with Gasteiger partial charge in [-0.25, -0.2) is 4.79 Å². The van der Waals surface area contributed by atoms with Crippen LogP contribution in [0.3, 0.4) is 0 Å². The van der Waals surface area contributed by atoms with Crippen molar-refractivity contribution in [1.29, 1.82) is 0 Å². The van der Waals surface area contributed by atoms with Crippen LogP contribution in [0, 0.1) is 0 Å². The lowest BCUT2D eigenvalue weighted by Gasteiger charge is -2.22. The van der Waals surface area contributed by atoms with Gasteiger partial charge in [0.15, 0.2) is 0 Å². The van der Waals surface area contributed by atoms with Crippen LogP contribution in [0.4, 0.5) is 4.79 Å². The molecule has 1 heterocycles. The summed E-state index contributed by atoms with van der Waals surface area (Å²) in [6, 6.07) is 7.80. The van der Waals surface area contributed by atoms with E-state index in [0.717, 1.165) is 18.6 Å². The largest absolute Gasteiger partial charge is 0.488 e. The van der Waals surface area contributed by atoms with Gasteiger partial charge in [0.2, 0.25) is 0 Å². The zero-order valence-electron chi connectivity index (χ0n) is 11.8. The lowest BCUT2D eigenvalue weighted by Crippen LogP contribution is -2.45. The Labute approximate surface area is 119 Å². The second-order valence-corrected chi connectivity index (χ2v) is 4.95. The van der Waals surface area contributed by atoms with E-state index >= 15 is 0 Å². The van der Waals surface area contributed by atoms with Gasteiger partial charge in [-0.15, -0.1) is 0 Å². The van der Waals surface area contributed by atoms with E-state index in [2.05, 4.69) is 5.32 Å². The summed E-state index contributed by atoms with van der Waals surface area (Å²) in [6.07, 6.45) is 1.69. The van der Waals surface area contributed by atoms with E-state index in [1.807, 2.05) is 31.2 Å². The summed E-state index contributed by atoms with van der Waals surface area (Å²) in [4.78, 5) is 13.6. The Hall–Kier alpha value is -1.75. The fraction of sp³-hybridized carbons (Fsp3) is 0.533. The van der Waals surface area contributed by atoms with Crippen LogP contribution in [0.2, 0.25) is 0 Å². The van der Waals surface area contributed by atoms with Gasteiger partial charge in [0.05, 0.1) is 13.2 Å². The van der Waals surface area contributed by atoms with Crippen molar-refractivity contribution in [2.24, 2.45) is 0 Å². The molecule has 110 valence electrons. The minimum atomic E-state index is -0.138. The molecule has 20 heavy (non-hydrogen) atoms. The van der Waals surface area contributed by atoms with Crippen molar-refractivity contribution >= 4 is 6.03 Å². The van der Waals surface area contributed by atoms with E-state index < -0.39 is 0 Å². The van der Waals surface area contributed by atoms with Crippen molar-refractivity contribution in [3.63, 3.8) is 0 Å². The number of aliphatic hydroxyl groups is 1. The van der Waals surface area contributed by atoms with Crippen molar-refractivity contribution in [2.75, 3.05) is 26.2 Å². The van der Waals surface area contributed by atoms with Crippen LogP contribution >= 0.6 is 0 Å². The first-order valence-corrected chi connectivity index (χ1v) is 7.12. The Morgan fingerprint density at radius 3 is 2.95 bits per heavy atom. The van der Waals surface area contributed by atoms with E-state index in [0.29, 0.717) is 19.6 Å². The predicted octanol–water partition coefficient (Wildman–Crippen LogP) is 1.40. The number of amides is 2. The van der Waals surface area contributed by atoms with E-state index in [1.165, 1.54) is 5.56 Å². The summed E-state index contributed by atoms with van der Waals surface area (Å²) in [5, 5.41) is 11.8. The Kier molecular flexibility index (Phi) is 5.24. The summed E-state index contributed by atoms with van der Waals surface area (Å²) in [5.74, 6) is 0.910. The number of hydrogen-bond donors (Lipinski definition) is 2. The van der Waals surface area contributed by atoms with Crippen molar-refractivity contribution in [3.8, 4) is 5.75 Å². The monoisotopic (exact) mass is 278 g/mol. The van der Waals surface area contributed by atoms with Gasteiger partial charge in [-0.1, -0.05) is 25.1 Å². The summed E-state index contributed by atoms with van der Waals surface area (Å²) in [6.45, 7) is 3.50. The number of benzene rings is 1. The average molecular weight is 278 g/mol. The van der Waals surface area contributed by atoms with Crippen LogP contribution in [0.15, 0.2) is 24.3 Å². The highest BCUT2D eigenvalue weighted by Crippen LogP contribution is 2.27. The van der Waals surface area contributed by atoms with Gasteiger partial charge in [0.1, 0.15) is 11.9 Å². The molecule has 5 nitrogen and oxygen atoms in total. The number of para-hydroxylation sites is 1. The first-order valence-electron chi connectivity index (χ1n) is 7.12. The van der Waals surface area contributed by atoms with Gasteiger partial charge in [0.25, 0.3) is 0 Å². The van der Waals surface area contributed by atoms with E-state index in [-0.39, 0.29) is 18.7 Å². The maximum absolute atomic E-state index is 12.0. The zero-order chi connectivity index (χ0) is 14.4. The molecule has 1 aromatic rings. The standard InChI is InChI=1S/C15H22N2O3/c1-2-7-17(8-9-18)15(19)16-11-13-10-12-5-3-4-6-14(12)20-13/h3-6,13,18H,2,7-11H2,1H3,(H,16,19). The molecule has 0 aromatic heterocycles. The van der Waals surface area contributed by atoms with Crippen molar-refractivity contribution in [3.05, 3.63) is 29.8 Å². The molecular formula is C15H22N2O3. The van der Waals surface area contributed by atoms with Gasteiger partial charge >= 0.3 is 6.03 Å². The summed E-state index contributed by atoms with van der Waals surface area (Å²) >= 11 is 0. The highest BCUT2D eigenvalue weighted by atomic mass is 16.5. The molecule has 5 heteroatoms. The molecule has 2 amide bonds. The molecule has 1 aliphatic rings. The van der Waals surface area contributed by atoms with Gasteiger partial charge in [-0.2, -0.15) is 0 Å². The maximum Gasteiger partial charge on any atom is 0.317 e. The van der Waals surface area contributed by atoms with Gasteiger partial charge in [-0.3, -0.25) is 0 Å². The molecule has 0 saturated heterocycles. The normalized spacial score (nSPS) is 16.4. The number of urea groups is 1. The number of carbonyl (C=O) groups is 1. The summed E-state index contributed by atoms with van der Waals surface area (Å²) < 4.78 is 5.77. The summed E-state index contributed by atoms with van der Waals surface area (Å²) in [7, 11) is 0. The van der Waals surface area contributed by atoms with Crippen LogP contribution in [0.1, 0.15) is 18.9 Å². The highest BCUT2D eigenvalue weighted by molar-refractivity contribution is 5.74. The second-order valence-electron chi connectivity index (χ2n) is 4.95. The average Bonchev–Trinajstić information content (AvgIpc) is 2.87. The van der Waals surface area contributed by atoms with Crippen LogP contribution < -0.4 is 10.1 Å². The Morgan fingerprint density at radius 2 is 2.25 bits per heavy atom. The third kappa shape index (κ3) is 3.63. The number of hydrogen-bond acceptors (Lipinski definition) is 3. The first-order chi connectivity index (χ1) is 9.74. The number of aliphatic hydroxyl groups excluding tert-OH is 1. The molecule has 0 aliphatic carbocycles. The Balaban J connectivity index is 1.80. The number of nitrogens with one attached hydrogen (secondary N) is 1. The number of rotatable bonds is 6. The van der Waals surface area contributed by atoms with Crippen molar-refractivity contribution < 1.29 is 14.6 Å². The molecule has 2 rings (SSSR count). The van der Waals surface area contributed by atoms with Gasteiger partial charge in [0, 0.05) is 19.5 Å². The highest BCUT2D eigenvalue weighted by Gasteiger charge is 2.23. The molecule has 0 spiro atoms. The zero-order valence-corrected chi connectivity index (χ0v) is 11.8. The third-order valence-electron chi connectivity index (χ3n) is 3.35. The molecular weight excluding hydrogens is 256 g/mol. The molecule has 0 fully saturated rings. The van der Waals surface area contributed by atoms with E-state index in [1.54, 1.807) is 4.90 Å². The van der Waals surface area contributed by atoms with Crippen LogP contribution in [-0.4, -0.2) is 48.4 Å². The smallest absolute Gasteiger partial charge is 0.317 e. The minimum absolute atomic E-state index is 0.00560.